The maximum Gasteiger partial charge on any atom is 0.310 e. The Morgan fingerprint density at radius 2 is 2.10 bits per heavy atom. The molecule has 1 unspecified atom stereocenters. The van der Waals surface area contributed by atoms with Gasteiger partial charge in [-0.3, -0.25) is 4.79 Å². The molecule has 1 aliphatic heterocycles. The zero-order chi connectivity index (χ0) is 15.2. The van der Waals surface area contributed by atoms with Gasteiger partial charge in [0, 0.05) is 28.3 Å². The van der Waals surface area contributed by atoms with E-state index >= 15 is 0 Å². The summed E-state index contributed by atoms with van der Waals surface area (Å²) in [6.07, 6.45) is 1.62. The van der Waals surface area contributed by atoms with Crippen molar-refractivity contribution in [2.75, 3.05) is 0 Å². The van der Waals surface area contributed by atoms with Gasteiger partial charge in [0.05, 0.1) is 5.41 Å². The Hall–Kier alpha value is -2.07. The second-order valence-corrected chi connectivity index (χ2v) is 6.08. The van der Waals surface area contributed by atoms with Crippen LogP contribution >= 0.6 is 11.6 Å². The molecule has 1 atom stereocenters. The van der Waals surface area contributed by atoms with Crippen LogP contribution < -0.4 is 4.74 Å². The first kappa shape index (κ1) is 13.9. The molecule has 4 nitrogen and oxygen atoms in total. The third-order valence-corrected chi connectivity index (χ3v) is 4.11. The minimum atomic E-state index is -0.996. The van der Waals surface area contributed by atoms with E-state index in [1.54, 1.807) is 38.2 Å². The van der Waals surface area contributed by atoms with E-state index in [1.807, 2.05) is 12.1 Å². The maximum atomic E-state index is 11.7. The van der Waals surface area contributed by atoms with Crippen LogP contribution in [0.4, 0.5) is 0 Å². The Kier molecular flexibility index (Phi) is 3.14. The molecule has 1 aromatic carbocycles. The lowest BCUT2D eigenvalue weighted by Gasteiger charge is -2.35. The predicted molar refractivity (Wildman–Crippen MR) is 79.0 cm³/mol. The van der Waals surface area contributed by atoms with Crippen LogP contribution in [0, 0.1) is 5.41 Å². The number of ether oxygens (including phenoxy) is 1. The van der Waals surface area contributed by atoms with Crippen LogP contribution in [0.15, 0.2) is 36.5 Å². The van der Waals surface area contributed by atoms with E-state index in [0.717, 1.165) is 11.1 Å². The van der Waals surface area contributed by atoms with E-state index in [-0.39, 0.29) is 5.92 Å². The van der Waals surface area contributed by atoms with Gasteiger partial charge >= 0.3 is 5.97 Å². The first-order valence-corrected chi connectivity index (χ1v) is 6.94. The fraction of sp³-hybridized carbons (Fsp3) is 0.250. The fourth-order valence-corrected chi connectivity index (χ4v) is 2.88. The van der Waals surface area contributed by atoms with E-state index in [1.165, 1.54) is 0 Å². The monoisotopic (exact) mass is 303 g/mol. The third-order valence-electron chi connectivity index (χ3n) is 3.88. The van der Waals surface area contributed by atoms with Gasteiger partial charge in [-0.2, -0.15) is 0 Å². The molecular weight excluding hydrogens is 290 g/mol. The molecule has 0 aliphatic carbocycles. The van der Waals surface area contributed by atoms with Gasteiger partial charge in [-0.25, -0.2) is 4.98 Å². The SMILES string of the molecule is CC(C)(C(=O)O)C1c2ccc(Cl)cc2Oc2ncccc21. The number of carboxylic acid groups (broad SMARTS) is 1. The van der Waals surface area contributed by atoms with E-state index < -0.39 is 11.4 Å². The second-order valence-electron chi connectivity index (χ2n) is 5.64. The Balaban J connectivity index is 2.26. The van der Waals surface area contributed by atoms with Gasteiger partial charge in [-0.05, 0) is 32.0 Å². The van der Waals surface area contributed by atoms with Gasteiger partial charge in [0.1, 0.15) is 5.75 Å². The molecule has 2 aromatic rings. The Labute approximate surface area is 127 Å². The van der Waals surface area contributed by atoms with Crippen molar-refractivity contribution < 1.29 is 14.6 Å². The van der Waals surface area contributed by atoms with Crippen LogP contribution in [-0.4, -0.2) is 16.1 Å². The van der Waals surface area contributed by atoms with Crippen LogP contribution in [0.5, 0.6) is 11.6 Å². The standard InChI is InChI=1S/C16H14ClNO3/c1-16(2,15(19)20)13-10-6-5-9(17)8-12(10)21-14-11(13)4-3-7-18-14/h3-8,13H,1-2H3,(H,19,20). The van der Waals surface area contributed by atoms with Crippen LogP contribution in [0.25, 0.3) is 0 Å². The summed E-state index contributed by atoms with van der Waals surface area (Å²) in [7, 11) is 0. The molecule has 0 saturated carbocycles. The number of benzene rings is 1. The number of aliphatic carboxylic acids is 1. The molecule has 0 saturated heterocycles. The van der Waals surface area contributed by atoms with E-state index in [4.69, 9.17) is 16.3 Å². The number of nitrogens with zero attached hydrogens (tertiary/aromatic N) is 1. The molecule has 108 valence electrons. The summed E-state index contributed by atoms with van der Waals surface area (Å²) in [5, 5.41) is 10.2. The number of carboxylic acids is 1. The highest BCUT2D eigenvalue weighted by Crippen LogP contribution is 2.51. The Bertz CT molecular complexity index is 727. The average molecular weight is 304 g/mol. The molecule has 1 aromatic heterocycles. The van der Waals surface area contributed by atoms with Crippen molar-refractivity contribution in [3.63, 3.8) is 0 Å². The van der Waals surface area contributed by atoms with Gasteiger partial charge in [0.2, 0.25) is 5.88 Å². The molecule has 0 fully saturated rings. The number of hydrogen-bond acceptors (Lipinski definition) is 3. The summed E-state index contributed by atoms with van der Waals surface area (Å²) < 4.78 is 5.77. The minimum absolute atomic E-state index is 0.347. The molecule has 21 heavy (non-hydrogen) atoms. The smallest absolute Gasteiger partial charge is 0.310 e. The highest BCUT2D eigenvalue weighted by molar-refractivity contribution is 6.30. The molecule has 2 heterocycles. The topological polar surface area (TPSA) is 59.4 Å². The van der Waals surface area contributed by atoms with E-state index in [0.29, 0.717) is 16.7 Å². The van der Waals surface area contributed by atoms with Crippen molar-refractivity contribution in [3.05, 3.63) is 52.7 Å². The predicted octanol–water partition coefficient (Wildman–Crippen LogP) is 4.08. The van der Waals surface area contributed by atoms with Crippen molar-refractivity contribution in [2.24, 2.45) is 5.41 Å². The first-order chi connectivity index (χ1) is 9.91. The Morgan fingerprint density at radius 1 is 1.33 bits per heavy atom. The zero-order valence-electron chi connectivity index (χ0n) is 11.6. The highest BCUT2D eigenvalue weighted by Gasteiger charge is 2.44. The lowest BCUT2D eigenvalue weighted by molar-refractivity contribution is -0.147. The zero-order valence-corrected chi connectivity index (χ0v) is 12.4. The van der Waals surface area contributed by atoms with Gasteiger partial charge in [-0.15, -0.1) is 0 Å². The number of carbonyl (C=O) groups is 1. The van der Waals surface area contributed by atoms with Crippen molar-refractivity contribution in [2.45, 2.75) is 19.8 Å². The summed E-state index contributed by atoms with van der Waals surface area (Å²) >= 11 is 6.01. The maximum absolute atomic E-state index is 11.7. The number of aromatic nitrogens is 1. The molecule has 3 rings (SSSR count). The van der Waals surface area contributed by atoms with Gasteiger partial charge in [0.25, 0.3) is 0 Å². The molecular formula is C16H14ClNO3. The first-order valence-electron chi connectivity index (χ1n) is 6.57. The van der Waals surface area contributed by atoms with Crippen molar-refractivity contribution in [1.82, 2.24) is 4.98 Å². The minimum Gasteiger partial charge on any atom is -0.481 e. The summed E-state index contributed by atoms with van der Waals surface area (Å²) in [6.45, 7) is 3.42. The Morgan fingerprint density at radius 3 is 2.81 bits per heavy atom. The third kappa shape index (κ3) is 2.16. The number of fused-ring (bicyclic) bond motifs is 2. The number of hydrogen-bond donors (Lipinski definition) is 1. The van der Waals surface area contributed by atoms with Gasteiger partial charge < -0.3 is 9.84 Å². The normalized spacial score (nSPS) is 16.6. The quantitative estimate of drug-likeness (QED) is 0.908. The summed E-state index contributed by atoms with van der Waals surface area (Å²) in [6, 6.07) is 8.90. The summed E-state index contributed by atoms with van der Waals surface area (Å²) in [5.74, 6) is -0.218. The molecule has 0 bridgehead atoms. The molecule has 1 aliphatic rings. The average Bonchev–Trinajstić information content (AvgIpc) is 2.44. The van der Waals surface area contributed by atoms with Crippen LogP contribution in [-0.2, 0) is 4.79 Å². The number of halogens is 1. The summed E-state index contributed by atoms with van der Waals surface area (Å²) in [5.41, 5.74) is 0.594. The highest BCUT2D eigenvalue weighted by atomic mass is 35.5. The largest absolute Gasteiger partial charge is 0.481 e. The number of rotatable bonds is 2. The second kappa shape index (κ2) is 4.74. The van der Waals surface area contributed by atoms with Gasteiger partial charge in [-0.1, -0.05) is 23.7 Å². The van der Waals surface area contributed by atoms with Crippen molar-refractivity contribution >= 4 is 17.6 Å². The van der Waals surface area contributed by atoms with Crippen LogP contribution in [0.1, 0.15) is 30.9 Å². The fourth-order valence-electron chi connectivity index (χ4n) is 2.72. The number of pyridine rings is 1. The molecule has 0 radical (unpaired) electrons. The van der Waals surface area contributed by atoms with Gasteiger partial charge in [0.15, 0.2) is 0 Å². The lowest BCUT2D eigenvalue weighted by Crippen LogP contribution is -2.33. The molecule has 5 heteroatoms. The van der Waals surface area contributed by atoms with E-state index in [2.05, 4.69) is 4.98 Å². The van der Waals surface area contributed by atoms with Crippen LogP contribution in [0.2, 0.25) is 5.02 Å². The summed E-state index contributed by atoms with van der Waals surface area (Å²) in [4.78, 5) is 15.9. The van der Waals surface area contributed by atoms with Crippen LogP contribution in [0.3, 0.4) is 0 Å². The molecule has 0 amide bonds. The van der Waals surface area contributed by atoms with Crippen molar-refractivity contribution in [3.8, 4) is 11.6 Å². The molecule has 0 spiro atoms. The molecule has 1 N–H and O–H groups in total. The van der Waals surface area contributed by atoms with Crippen molar-refractivity contribution in [1.29, 1.82) is 0 Å². The lowest BCUT2D eigenvalue weighted by atomic mass is 9.70. The van der Waals surface area contributed by atoms with E-state index in [9.17, 15) is 9.90 Å².